The van der Waals surface area contributed by atoms with E-state index in [0.717, 1.165) is 12.1 Å². The summed E-state index contributed by atoms with van der Waals surface area (Å²) in [5, 5.41) is 12.4. The zero-order chi connectivity index (χ0) is 21.2. The Morgan fingerprint density at radius 2 is 2.03 bits per heavy atom. The molecule has 3 amide bonds. The second-order valence-electron chi connectivity index (χ2n) is 6.44. The third-order valence-electron chi connectivity index (χ3n) is 4.38. The molecule has 0 unspecified atom stereocenters. The zero-order valence-electron chi connectivity index (χ0n) is 14.8. The molecule has 0 spiro atoms. The molecule has 3 N–H and O–H groups in total. The topological polar surface area (TPSA) is 125 Å². The standard InChI is InChI=1S/C16H16F3N5O4S/c17-16(18,19)11-6-9(5-10-12(25)23-15(28)29-10)21-13(22-11)24-3-1-8(2-4-24)7-20-14(26)27/h5-6,8,20H,1-4,7H2,(H,26,27)(H,23,25,28). The van der Waals surface area contributed by atoms with Crippen molar-refractivity contribution in [2.45, 2.75) is 19.0 Å². The number of rotatable bonds is 4. The molecule has 0 saturated carbocycles. The summed E-state index contributed by atoms with van der Waals surface area (Å²) in [5.74, 6) is -0.758. The van der Waals surface area contributed by atoms with E-state index in [0.29, 0.717) is 37.7 Å². The van der Waals surface area contributed by atoms with Gasteiger partial charge in [-0.1, -0.05) is 0 Å². The molecule has 1 aromatic heterocycles. The van der Waals surface area contributed by atoms with Crippen LogP contribution in [-0.4, -0.2) is 51.9 Å². The molecule has 1 aromatic rings. The lowest BCUT2D eigenvalue weighted by atomic mass is 9.97. The lowest BCUT2D eigenvalue weighted by molar-refractivity contribution is -0.141. The fraction of sp³-hybridized carbons (Fsp3) is 0.438. The fourth-order valence-corrected chi connectivity index (χ4v) is 3.60. The van der Waals surface area contributed by atoms with Gasteiger partial charge >= 0.3 is 12.3 Å². The molecule has 2 saturated heterocycles. The van der Waals surface area contributed by atoms with Crippen molar-refractivity contribution in [3.63, 3.8) is 0 Å². The Kier molecular flexibility index (Phi) is 5.96. The van der Waals surface area contributed by atoms with Gasteiger partial charge in [0, 0.05) is 19.6 Å². The zero-order valence-corrected chi connectivity index (χ0v) is 15.6. The lowest BCUT2D eigenvalue weighted by Gasteiger charge is -2.32. The number of carbonyl (C=O) groups is 3. The first-order chi connectivity index (χ1) is 13.6. The van der Waals surface area contributed by atoms with Gasteiger partial charge in [0.15, 0.2) is 5.69 Å². The molecule has 0 aromatic carbocycles. The van der Waals surface area contributed by atoms with Gasteiger partial charge in [-0.05, 0) is 42.7 Å². The summed E-state index contributed by atoms with van der Waals surface area (Å²) >= 11 is 0.583. The fourth-order valence-electron chi connectivity index (χ4n) is 2.94. The highest BCUT2D eigenvalue weighted by Gasteiger charge is 2.35. The number of aromatic nitrogens is 2. The molecule has 0 bridgehead atoms. The third kappa shape index (κ3) is 5.37. The first kappa shape index (κ1) is 20.9. The minimum absolute atomic E-state index is 0.0498. The number of hydrogen-bond donors (Lipinski definition) is 3. The van der Waals surface area contributed by atoms with Gasteiger partial charge < -0.3 is 15.3 Å². The summed E-state index contributed by atoms with van der Waals surface area (Å²) in [4.78, 5) is 42.7. The number of nitrogens with zero attached hydrogens (tertiary/aromatic N) is 3. The number of anilines is 1. The van der Waals surface area contributed by atoms with Crippen LogP contribution in [0.5, 0.6) is 0 Å². The first-order valence-electron chi connectivity index (χ1n) is 8.54. The highest BCUT2D eigenvalue weighted by atomic mass is 32.2. The van der Waals surface area contributed by atoms with Crippen LogP contribution >= 0.6 is 11.8 Å². The number of amides is 3. The Morgan fingerprint density at radius 1 is 1.34 bits per heavy atom. The van der Waals surface area contributed by atoms with Crippen LogP contribution < -0.4 is 15.5 Å². The summed E-state index contributed by atoms with van der Waals surface area (Å²) in [5.41, 5.74) is -1.29. The minimum atomic E-state index is -4.71. The second-order valence-corrected chi connectivity index (χ2v) is 7.46. The predicted octanol–water partition coefficient (Wildman–Crippen LogP) is 2.30. The number of thioether (sulfide) groups is 1. The van der Waals surface area contributed by atoms with Crippen molar-refractivity contribution in [3.05, 3.63) is 22.4 Å². The molecule has 3 rings (SSSR count). The van der Waals surface area contributed by atoms with Gasteiger partial charge in [0.05, 0.1) is 10.6 Å². The highest BCUT2D eigenvalue weighted by molar-refractivity contribution is 8.18. The Balaban J connectivity index is 1.82. The normalized spacial score (nSPS) is 19.6. The smallest absolute Gasteiger partial charge is 0.433 e. The molecular weight excluding hydrogens is 415 g/mol. The van der Waals surface area contributed by atoms with Crippen LogP contribution in [-0.2, 0) is 11.0 Å². The van der Waals surface area contributed by atoms with Crippen LogP contribution in [0.15, 0.2) is 11.0 Å². The minimum Gasteiger partial charge on any atom is -0.465 e. The van der Waals surface area contributed by atoms with Crippen LogP contribution in [0.4, 0.5) is 28.7 Å². The molecule has 0 aliphatic carbocycles. The van der Waals surface area contributed by atoms with E-state index in [1.807, 2.05) is 5.32 Å². The molecule has 2 fully saturated rings. The number of nitrogens with one attached hydrogen (secondary N) is 2. The van der Waals surface area contributed by atoms with Gasteiger partial charge in [0.25, 0.3) is 11.1 Å². The van der Waals surface area contributed by atoms with Crippen molar-refractivity contribution < 1.29 is 32.7 Å². The average Bonchev–Trinajstić information content (AvgIpc) is 2.96. The van der Waals surface area contributed by atoms with E-state index in [2.05, 4.69) is 15.3 Å². The van der Waals surface area contributed by atoms with Gasteiger partial charge in [0.1, 0.15) is 0 Å². The number of alkyl halides is 3. The maximum atomic E-state index is 13.3. The van der Waals surface area contributed by atoms with E-state index < -0.39 is 29.1 Å². The van der Waals surface area contributed by atoms with Crippen LogP contribution in [0.1, 0.15) is 24.2 Å². The van der Waals surface area contributed by atoms with Crippen molar-refractivity contribution in [3.8, 4) is 0 Å². The first-order valence-corrected chi connectivity index (χ1v) is 9.36. The number of carboxylic acid groups (broad SMARTS) is 1. The Morgan fingerprint density at radius 3 is 2.59 bits per heavy atom. The van der Waals surface area contributed by atoms with Crippen LogP contribution in [0.2, 0.25) is 0 Å². The molecular formula is C16H16F3N5O4S. The molecule has 156 valence electrons. The third-order valence-corrected chi connectivity index (χ3v) is 5.20. The molecule has 29 heavy (non-hydrogen) atoms. The Hall–Kier alpha value is -2.83. The maximum Gasteiger partial charge on any atom is 0.433 e. The van der Waals surface area contributed by atoms with Crippen LogP contribution in [0.25, 0.3) is 6.08 Å². The summed E-state index contributed by atoms with van der Waals surface area (Å²) in [6, 6.07) is 0.719. The molecule has 13 heteroatoms. The lowest BCUT2D eigenvalue weighted by Crippen LogP contribution is -2.39. The number of carbonyl (C=O) groups excluding carboxylic acids is 2. The van der Waals surface area contributed by atoms with Gasteiger partial charge in [-0.2, -0.15) is 13.2 Å². The molecule has 9 nitrogen and oxygen atoms in total. The van der Waals surface area contributed by atoms with Gasteiger partial charge in [-0.15, -0.1) is 0 Å². The molecule has 0 atom stereocenters. The summed E-state index contributed by atoms with van der Waals surface area (Å²) in [7, 11) is 0. The van der Waals surface area contributed by atoms with Gasteiger partial charge in [0.2, 0.25) is 5.95 Å². The molecule has 2 aliphatic heterocycles. The van der Waals surface area contributed by atoms with Crippen molar-refractivity contribution in [1.82, 2.24) is 20.6 Å². The van der Waals surface area contributed by atoms with Crippen molar-refractivity contribution in [2.75, 3.05) is 24.5 Å². The van der Waals surface area contributed by atoms with Crippen molar-refractivity contribution >= 4 is 41.0 Å². The van der Waals surface area contributed by atoms with Gasteiger partial charge in [-0.25, -0.2) is 14.8 Å². The van der Waals surface area contributed by atoms with Gasteiger partial charge in [-0.3, -0.25) is 14.9 Å². The van der Waals surface area contributed by atoms with E-state index in [-0.39, 0.29) is 29.0 Å². The summed E-state index contributed by atoms with van der Waals surface area (Å²) < 4.78 is 39.8. The predicted molar refractivity (Wildman–Crippen MR) is 97.1 cm³/mol. The number of halogens is 3. The van der Waals surface area contributed by atoms with E-state index in [4.69, 9.17) is 5.11 Å². The van der Waals surface area contributed by atoms with E-state index in [1.165, 1.54) is 0 Å². The largest absolute Gasteiger partial charge is 0.465 e. The Labute approximate surface area is 166 Å². The molecule has 2 aliphatic rings. The van der Waals surface area contributed by atoms with Crippen molar-refractivity contribution in [2.24, 2.45) is 5.92 Å². The number of piperidine rings is 1. The molecule has 3 heterocycles. The second kappa shape index (κ2) is 8.27. The average molecular weight is 431 g/mol. The monoisotopic (exact) mass is 431 g/mol. The number of imide groups is 1. The highest BCUT2D eigenvalue weighted by Crippen LogP contribution is 2.32. The summed E-state index contributed by atoms with van der Waals surface area (Å²) in [6.07, 6.45) is -3.60. The van der Waals surface area contributed by atoms with Crippen molar-refractivity contribution in [1.29, 1.82) is 0 Å². The SMILES string of the molecule is O=C(O)NCC1CCN(c2nc(C=C3SC(=O)NC3=O)cc(C(F)(F)F)n2)CC1. The maximum absolute atomic E-state index is 13.3. The van der Waals surface area contributed by atoms with E-state index >= 15 is 0 Å². The molecule has 0 radical (unpaired) electrons. The number of hydrogen-bond acceptors (Lipinski definition) is 7. The Bertz CT molecular complexity index is 869. The van der Waals surface area contributed by atoms with E-state index in [9.17, 15) is 27.6 Å². The summed E-state index contributed by atoms with van der Waals surface area (Å²) in [6.45, 7) is 0.984. The van der Waals surface area contributed by atoms with Crippen LogP contribution in [0, 0.1) is 5.92 Å². The quantitative estimate of drug-likeness (QED) is 0.621. The van der Waals surface area contributed by atoms with Crippen LogP contribution in [0.3, 0.4) is 0 Å². The van der Waals surface area contributed by atoms with E-state index in [1.54, 1.807) is 4.90 Å².